The monoisotopic (exact) mass is 479 g/mol. The van der Waals surface area contributed by atoms with Gasteiger partial charge < -0.3 is 14.2 Å². The summed E-state index contributed by atoms with van der Waals surface area (Å²) in [7, 11) is 0. The van der Waals surface area contributed by atoms with Crippen LogP contribution in [0, 0.1) is 12.8 Å². The molecule has 1 aliphatic carbocycles. The molecule has 6 rings (SSSR count). The van der Waals surface area contributed by atoms with Gasteiger partial charge in [-0.3, -0.25) is 14.6 Å². The smallest absolute Gasteiger partial charge is 0.260 e. The molecular weight excluding hydrogens is 450 g/mol. The second-order valence-electron chi connectivity index (χ2n) is 9.88. The summed E-state index contributed by atoms with van der Waals surface area (Å²) in [6, 6.07) is 21.4. The van der Waals surface area contributed by atoms with E-state index in [9.17, 15) is 9.59 Å². The van der Waals surface area contributed by atoms with Crippen molar-refractivity contribution in [3.05, 3.63) is 94.0 Å². The van der Waals surface area contributed by atoms with E-state index in [-0.39, 0.29) is 18.1 Å². The Morgan fingerprint density at radius 1 is 1.03 bits per heavy atom. The number of amides is 1. The Morgan fingerprint density at radius 2 is 1.86 bits per heavy atom. The van der Waals surface area contributed by atoms with Gasteiger partial charge in [0.25, 0.3) is 11.5 Å². The fraction of sp³-hybridized carbons (Fsp3) is 0.300. The van der Waals surface area contributed by atoms with Gasteiger partial charge in [-0.25, -0.2) is 0 Å². The van der Waals surface area contributed by atoms with E-state index < -0.39 is 0 Å². The van der Waals surface area contributed by atoms with Crippen molar-refractivity contribution in [2.75, 3.05) is 13.2 Å². The standard InChI is InChI=1S/C30H29N3O3/c1-20-10-13-25-24(8-5-9-27(25)31-20)26-16-22-18-32(29(34)19-36-23-6-3-2-4-7-23)15-14-28(22)33(30(26)35)17-21-11-12-21/h2-10,13,16,21H,11-12,14-15,17-19H2,1H3. The molecule has 1 fully saturated rings. The maximum absolute atomic E-state index is 13.8. The summed E-state index contributed by atoms with van der Waals surface area (Å²) in [5.41, 5.74) is 5.57. The molecule has 6 heteroatoms. The lowest BCUT2D eigenvalue weighted by atomic mass is 9.96. The molecule has 1 saturated carbocycles. The third kappa shape index (κ3) is 4.39. The maximum atomic E-state index is 13.8. The van der Waals surface area contributed by atoms with Crippen LogP contribution in [0.2, 0.25) is 0 Å². The van der Waals surface area contributed by atoms with E-state index in [1.165, 1.54) is 12.8 Å². The molecule has 0 radical (unpaired) electrons. The quantitative estimate of drug-likeness (QED) is 0.401. The van der Waals surface area contributed by atoms with Crippen LogP contribution in [0.15, 0.2) is 71.5 Å². The van der Waals surface area contributed by atoms with E-state index >= 15 is 0 Å². The van der Waals surface area contributed by atoms with E-state index in [0.717, 1.165) is 40.0 Å². The molecule has 2 aromatic heterocycles. The molecule has 1 amide bonds. The Morgan fingerprint density at radius 3 is 2.67 bits per heavy atom. The summed E-state index contributed by atoms with van der Waals surface area (Å²) in [5.74, 6) is 1.21. The van der Waals surface area contributed by atoms with Crippen LogP contribution in [0.1, 0.15) is 29.8 Å². The van der Waals surface area contributed by atoms with Gasteiger partial charge in [0.05, 0.1) is 5.52 Å². The first-order chi connectivity index (χ1) is 17.6. The number of pyridine rings is 2. The topological polar surface area (TPSA) is 64.4 Å². The highest BCUT2D eigenvalue weighted by Crippen LogP contribution is 2.33. The number of rotatable bonds is 6. The van der Waals surface area contributed by atoms with Crippen molar-refractivity contribution in [2.24, 2.45) is 5.92 Å². The minimum absolute atomic E-state index is 0.00224. The molecule has 0 bridgehead atoms. The molecule has 0 saturated heterocycles. The Hall–Kier alpha value is -3.93. The molecule has 36 heavy (non-hydrogen) atoms. The molecule has 2 aliphatic rings. The summed E-state index contributed by atoms with van der Waals surface area (Å²) >= 11 is 0. The number of nitrogens with zero attached hydrogens (tertiary/aromatic N) is 3. The molecule has 1 aliphatic heterocycles. The fourth-order valence-electron chi connectivity index (χ4n) is 5.12. The normalized spacial score (nSPS) is 15.1. The first kappa shape index (κ1) is 22.5. The summed E-state index contributed by atoms with van der Waals surface area (Å²) in [4.78, 5) is 33.3. The maximum Gasteiger partial charge on any atom is 0.260 e. The van der Waals surface area contributed by atoms with Gasteiger partial charge >= 0.3 is 0 Å². The molecule has 0 N–H and O–H groups in total. The molecule has 0 spiro atoms. The van der Waals surface area contributed by atoms with Crippen LogP contribution in [0.4, 0.5) is 0 Å². The van der Waals surface area contributed by atoms with Crippen molar-refractivity contribution >= 4 is 16.8 Å². The predicted octanol–water partition coefficient (Wildman–Crippen LogP) is 4.75. The Bertz CT molecular complexity index is 1510. The zero-order valence-corrected chi connectivity index (χ0v) is 20.4. The number of fused-ring (bicyclic) bond motifs is 2. The molecule has 182 valence electrons. The lowest BCUT2D eigenvalue weighted by molar-refractivity contribution is -0.134. The van der Waals surface area contributed by atoms with E-state index in [1.807, 2.05) is 83.1 Å². The largest absolute Gasteiger partial charge is 0.484 e. The number of aromatic nitrogens is 2. The SMILES string of the molecule is Cc1ccc2c(-c3cc4c(n(CC5CC5)c3=O)CCN(C(=O)COc3ccccc3)C4)cccc2n1. The first-order valence-electron chi connectivity index (χ1n) is 12.6. The van der Waals surface area contributed by atoms with Gasteiger partial charge in [-0.15, -0.1) is 0 Å². The van der Waals surface area contributed by atoms with Gasteiger partial charge in [0.2, 0.25) is 0 Å². The number of aryl methyl sites for hydroxylation is 1. The Balaban J connectivity index is 1.36. The number of ether oxygens (including phenoxy) is 1. The van der Waals surface area contributed by atoms with Gasteiger partial charge in [-0.2, -0.15) is 0 Å². The number of benzene rings is 2. The second-order valence-corrected chi connectivity index (χ2v) is 9.88. The Kier molecular flexibility index (Phi) is 5.80. The van der Waals surface area contributed by atoms with Crippen molar-refractivity contribution in [1.29, 1.82) is 0 Å². The highest BCUT2D eigenvalue weighted by atomic mass is 16.5. The number of carbonyl (C=O) groups is 1. The van der Waals surface area contributed by atoms with Crippen molar-refractivity contribution in [3.8, 4) is 16.9 Å². The first-order valence-corrected chi connectivity index (χ1v) is 12.6. The average Bonchev–Trinajstić information content (AvgIpc) is 3.73. The highest BCUT2D eigenvalue weighted by Gasteiger charge is 2.29. The zero-order valence-electron chi connectivity index (χ0n) is 20.4. The number of hydrogen-bond acceptors (Lipinski definition) is 4. The van der Waals surface area contributed by atoms with Crippen molar-refractivity contribution in [2.45, 2.75) is 39.3 Å². The molecule has 6 nitrogen and oxygen atoms in total. The highest BCUT2D eigenvalue weighted by molar-refractivity contribution is 5.94. The van der Waals surface area contributed by atoms with Gasteiger partial charge in [0, 0.05) is 48.4 Å². The van der Waals surface area contributed by atoms with Crippen molar-refractivity contribution in [3.63, 3.8) is 0 Å². The minimum Gasteiger partial charge on any atom is -0.484 e. The summed E-state index contributed by atoms with van der Waals surface area (Å²) in [6.07, 6.45) is 3.01. The van der Waals surface area contributed by atoms with Crippen LogP contribution in [0.25, 0.3) is 22.0 Å². The summed E-state index contributed by atoms with van der Waals surface area (Å²) in [6.45, 7) is 3.79. The van der Waals surface area contributed by atoms with Gasteiger partial charge in [0.1, 0.15) is 5.75 Å². The van der Waals surface area contributed by atoms with Crippen LogP contribution in [-0.2, 0) is 24.3 Å². The molecule has 2 aromatic carbocycles. The lowest BCUT2D eigenvalue weighted by Crippen LogP contribution is -2.41. The van der Waals surface area contributed by atoms with Gasteiger partial charge in [-0.1, -0.05) is 36.4 Å². The zero-order chi connectivity index (χ0) is 24.6. The summed E-state index contributed by atoms with van der Waals surface area (Å²) in [5, 5.41) is 0.970. The van der Waals surface area contributed by atoms with E-state index in [4.69, 9.17) is 4.74 Å². The number of carbonyl (C=O) groups excluding carboxylic acids is 1. The number of para-hydroxylation sites is 1. The molecule has 3 heterocycles. The predicted molar refractivity (Wildman–Crippen MR) is 140 cm³/mol. The van der Waals surface area contributed by atoms with Crippen LogP contribution >= 0.6 is 0 Å². The van der Waals surface area contributed by atoms with E-state index in [2.05, 4.69) is 4.98 Å². The number of hydrogen-bond donors (Lipinski definition) is 0. The second kappa shape index (κ2) is 9.26. The summed E-state index contributed by atoms with van der Waals surface area (Å²) < 4.78 is 7.70. The van der Waals surface area contributed by atoms with Crippen LogP contribution in [0.3, 0.4) is 0 Å². The third-order valence-corrected chi connectivity index (χ3v) is 7.23. The van der Waals surface area contributed by atoms with Crippen LogP contribution in [0.5, 0.6) is 5.75 Å². The molecule has 0 atom stereocenters. The van der Waals surface area contributed by atoms with Crippen LogP contribution < -0.4 is 10.3 Å². The van der Waals surface area contributed by atoms with Crippen molar-refractivity contribution in [1.82, 2.24) is 14.5 Å². The average molecular weight is 480 g/mol. The van der Waals surface area contributed by atoms with Gasteiger partial charge in [-0.05, 0) is 67.1 Å². The molecular formula is C30H29N3O3. The third-order valence-electron chi connectivity index (χ3n) is 7.23. The molecule has 4 aromatic rings. The molecule has 0 unspecified atom stereocenters. The fourth-order valence-corrected chi connectivity index (χ4v) is 5.12. The van der Waals surface area contributed by atoms with Crippen molar-refractivity contribution < 1.29 is 9.53 Å². The van der Waals surface area contributed by atoms with Crippen LogP contribution in [-0.4, -0.2) is 33.5 Å². The van der Waals surface area contributed by atoms with Gasteiger partial charge in [0.15, 0.2) is 6.61 Å². The lowest BCUT2D eigenvalue weighted by Gasteiger charge is -2.31. The van der Waals surface area contributed by atoms with E-state index in [1.54, 1.807) is 0 Å². The van der Waals surface area contributed by atoms with E-state index in [0.29, 0.717) is 36.7 Å². The Labute approximate surface area is 210 Å². The minimum atomic E-state index is -0.0455.